The van der Waals surface area contributed by atoms with Gasteiger partial charge in [0.05, 0.1) is 0 Å². The average Bonchev–Trinajstić information content (AvgIpc) is 2.61. The van der Waals surface area contributed by atoms with E-state index in [0.717, 1.165) is 49.8 Å². The van der Waals surface area contributed by atoms with Crippen molar-refractivity contribution >= 4 is 23.1 Å². The summed E-state index contributed by atoms with van der Waals surface area (Å²) in [6, 6.07) is 10.4. The van der Waals surface area contributed by atoms with Gasteiger partial charge in [0, 0.05) is 42.8 Å². The Morgan fingerprint density at radius 1 is 1.00 bits per heavy atom. The van der Waals surface area contributed by atoms with Crippen molar-refractivity contribution < 1.29 is 0 Å². The van der Waals surface area contributed by atoms with E-state index in [9.17, 15) is 0 Å². The first-order valence-electron chi connectivity index (χ1n) is 9.38. The van der Waals surface area contributed by atoms with Gasteiger partial charge in [-0.3, -0.25) is 0 Å². The van der Waals surface area contributed by atoms with Crippen LogP contribution in [0, 0.1) is 6.92 Å². The molecule has 142 valence electrons. The number of rotatable bonds is 10. The summed E-state index contributed by atoms with van der Waals surface area (Å²) in [5.74, 6) is 1.48. The molecule has 1 aromatic carbocycles. The maximum absolute atomic E-state index is 4.58. The highest BCUT2D eigenvalue weighted by Gasteiger charge is 2.05. The number of benzene rings is 1. The van der Waals surface area contributed by atoms with E-state index >= 15 is 0 Å². The lowest BCUT2D eigenvalue weighted by atomic mass is 10.2. The fourth-order valence-corrected chi connectivity index (χ4v) is 2.80. The van der Waals surface area contributed by atoms with Gasteiger partial charge >= 0.3 is 0 Å². The normalized spacial score (nSPS) is 10.8. The Hall–Kier alpha value is -2.34. The van der Waals surface area contributed by atoms with Gasteiger partial charge in [-0.25, -0.2) is 4.98 Å². The molecule has 0 bridgehead atoms. The smallest absolute Gasteiger partial charge is 0.229 e. The van der Waals surface area contributed by atoms with Gasteiger partial charge in [0.25, 0.3) is 0 Å². The molecule has 0 atom stereocenters. The minimum Gasteiger partial charge on any atom is -0.372 e. The summed E-state index contributed by atoms with van der Waals surface area (Å²) >= 11 is 0. The van der Waals surface area contributed by atoms with Crippen LogP contribution in [0.15, 0.2) is 30.3 Å². The zero-order valence-electron chi connectivity index (χ0n) is 16.7. The van der Waals surface area contributed by atoms with Crippen molar-refractivity contribution in [3.05, 3.63) is 36.0 Å². The molecule has 0 aliphatic rings. The Morgan fingerprint density at radius 3 is 2.31 bits per heavy atom. The number of hydrogen-bond donors (Lipinski definition) is 2. The number of aromatic nitrogens is 2. The number of nitrogens with zero attached hydrogens (tertiary/aromatic N) is 4. The Kier molecular flexibility index (Phi) is 7.66. The van der Waals surface area contributed by atoms with Gasteiger partial charge in [-0.05, 0) is 72.1 Å². The van der Waals surface area contributed by atoms with Crippen molar-refractivity contribution in [2.75, 3.05) is 55.8 Å². The van der Waals surface area contributed by atoms with Crippen LogP contribution in [-0.4, -0.2) is 55.1 Å². The summed E-state index contributed by atoms with van der Waals surface area (Å²) < 4.78 is 0. The highest BCUT2D eigenvalue weighted by atomic mass is 15.1. The molecule has 6 nitrogen and oxygen atoms in total. The van der Waals surface area contributed by atoms with E-state index < -0.39 is 0 Å². The lowest BCUT2D eigenvalue weighted by molar-refractivity contribution is 0.405. The summed E-state index contributed by atoms with van der Waals surface area (Å²) in [5, 5.41) is 6.69. The van der Waals surface area contributed by atoms with E-state index in [0.29, 0.717) is 5.95 Å². The second-order valence-electron chi connectivity index (χ2n) is 6.65. The first-order valence-corrected chi connectivity index (χ1v) is 9.38. The molecule has 2 N–H and O–H groups in total. The van der Waals surface area contributed by atoms with Gasteiger partial charge in [-0.2, -0.15) is 4.98 Å². The van der Waals surface area contributed by atoms with Crippen molar-refractivity contribution in [1.29, 1.82) is 0 Å². The molecule has 2 rings (SSSR count). The first-order chi connectivity index (χ1) is 12.5. The molecule has 2 aromatic rings. The van der Waals surface area contributed by atoms with Crippen LogP contribution >= 0.6 is 0 Å². The van der Waals surface area contributed by atoms with Crippen molar-refractivity contribution in [3.63, 3.8) is 0 Å². The maximum atomic E-state index is 4.58. The topological polar surface area (TPSA) is 56.3 Å². The number of nitrogens with one attached hydrogen (secondary N) is 2. The molecule has 0 saturated carbocycles. The quantitative estimate of drug-likeness (QED) is 0.633. The Labute approximate surface area is 157 Å². The van der Waals surface area contributed by atoms with Gasteiger partial charge in [-0.1, -0.05) is 0 Å². The lowest BCUT2D eigenvalue weighted by Gasteiger charge is -2.21. The molecule has 0 aliphatic heterocycles. The molecule has 0 radical (unpaired) electrons. The third kappa shape index (κ3) is 6.19. The van der Waals surface area contributed by atoms with Gasteiger partial charge in [0.2, 0.25) is 5.95 Å². The number of hydrogen-bond acceptors (Lipinski definition) is 6. The van der Waals surface area contributed by atoms with E-state index in [2.05, 4.69) is 82.6 Å². The molecule has 0 saturated heterocycles. The monoisotopic (exact) mass is 356 g/mol. The van der Waals surface area contributed by atoms with Crippen molar-refractivity contribution in [1.82, 2.24) is 14.9 Å². The molecule has 0 fully saturated rings. The molecule has 1 heterocycles. The number of aryl methyl sites for hydroxylation is 1. The largest absolute Gasteiger partial charge is 0.372 e. The van der Waals surface area contributed by atoms with Crippen molar-refractivity contribution in [2.24, 2.45) is 0 Å². The predicted molar refractivity (Wildman–Crippen MR) is 112 cm³/mol. The van der Waals surface area contributed by atoms with Crippen LogP contribution in [0.4, 0.5) is 23.1 Å². The molecule has 6 heteroatoms. The van der Waals surface area contributed by atoms with Gasteiger partial charge < -0.3 is 20.4 Å². The van der Waals surface area contributed by atoms with Crippen molar-refractivity contribution in [2.45, 2.75) is 27.2 Å². The zero-order chi connectivity index (χ0) is 18.9. The summed E-state index contributed by atoms with van der Waals surface area (Å²) in [7, 11) is 4.17. The Bertz CT molecular complexity index is 665. The molecule has 26 heavy (non-hydrogen) atoms. The van der Waals surface area contributed by atoms with E-state index in [-0.39, 0.29) is 0 Å². The maximum Gasteiger partial charge on any atom is 0.229 e. The highest BCUT2D eigenvalue weighted by Crippen LogP contribution is 2.20. The fourth-order valence-electron chi connectivity index (χ4n) is 2.80. The molecule has 1 aromatic heterocycles. The summed E-state index contributed by atoms with van der Waals surface area (Å²) in [4.78, 5) is 13.6. The Morgan fingerprint density at radius 2 is 1.69 bits per heavy atom. The van der Waals surface area contributed by atoms with E-state index in [1.807, 2.05) is 13.0 Å². The zero-order valence-corrected chi connectivity index (χ0v) is 16.7. The SMILES string of the molecule is CCN(CC)c1ccc(Nc2nc(C)cc(NCCCN(C)C)n2)cc1. The van der Waals surface area contributed by atoms with E-state index in [1.54, 1.807) is 0 Å². The summed E-state index contributed by atoms with van der Waals surface area (Å²) in [6.45, 7) is 10.3. The lowest BCUT2D eigenvalue weighted by Crippen LogP contribution is -2.21. The molecule has 0 unspecified atom stereocenters. The molecular weight excluding hydrogens is 324 g/mol. The van der Waals surface area contributed by atoms with Gasteiger partial charge in [0.1, 0.15) is 5.82 Å². The first kappa shape index (κ1) is 20.0. The highest BCUT2D eigenvalue weighted by molar-refractivity contribution is 5.60. The van der Waals surface area contributed by atoms with Crippen LogP contribution in [0.25, 0.3) is 0 Å². The van der Waals surface area contributed by atoms with Crippen LogP contribution in [0.3, 0.4) is 0 Å². The minimum absolute atomic E-state index is 0.621. The van der Waals surface area contributed by atoms with Gasteiger partial charge in [0.15, 0.2) is 0 Å². The van der Waals surface area contributed by atoms with Crippen LogP contribution in [0.5, 0.6) is 0 Å². The minimum atomic E-state index is 0.621. The molecule has 0 amide bonds. The van der Waals surface area contributed by atoms with Crippen LogP contribution < -0.4 is 15.5 Å². The number of anilines is 4. The third-order valence-electron chi connectivity index (χ3n) is 4.19. The standard InChI is InChI=1S/C20H32N6/c1-6-26(7-2)18-11-9-17(10-12-18)23-20-22-16(3)15-19(24-20)21-13-8-14-25(4)5/h9-12,15H,6-8,13-14H2,1-5H3,(H2,21,22,23,24). The predicted octanol–water partition coefficient (Wildman–Crippen LogP) is 3.74. The summed E-state index contributed by atoms with van der Waals surface area (Å²) in [6.07, 6.45) is 1.08. The third-order valence-corrected chi connectivity index (χ3v) is 4.19. The van der Waals surface area contributed by atoms with Crippen LogP contribution in [0.2, 0.25) is 0 Å². The van der Waals surface area contributed by atoms with Crippen LogP contribution in [-0.2, 0) is 0 Å². The van der Waals surface area contributed by atoms with Crippen LogP contribution in [0.1, 0.15) is 26.0 Å². The van der Waals surface area contributed by atoms with E-state index in [4.69, 9.17) is 0 Å². The summed E-state index contributed by atoms with van der Waals surface area (Å²) in [5.41, 5.74) is 3.16. The van der Waals surface area contributed by atoms with Gasteiger partial charge in [-0.15, -0.1) is 0 Å². The molecule has 0 aliphatic carbocycles. The Balaban J connectivity index is 2.00. The second-order valence-corrected chi connectivity index (χ2v) is 6.65. The van der Waals surface area contributed by atoms with E-state index in [1.165, 1.54) is 5.69 Å². The fraction of sp³-hybridized carbons (Fsp3) is 0.500. The second kappa shape index (κ2) is 9.97. The average molecular weight is 357 g/mol. The molecule has 0 spiro atoms. The van der Waals surface area contributed by atoms with Crippen molar-refractivity contribution in [3.8, 4) is 0 Å². The molecular formula is C20H32N6.